The van der Waals surface area contributed by atoms with E-state index in [1.165, 1.54) is 0 Å². The number of halogens is 13. The molecule has 1 rings (SSSR count). The normalized spacial score (nSPS) is 14.9. The average Bonchev–Trinajstić information content (AvgIpc) is 2.81. The number of alkyl halides is 13. The standard InChI is InChI=1S/C22H23F13O4S.Na/c1-2-3-4-5-6-7-8-15(40(37,38)39)16(36)13-9-11-14(12-10-13)17(23,24)18(25,26)19(27,28)20(29,30)21(31,32)22(33,34)35;/h9-12,15H,2-8H2,1H3,(H,37,38,39);/q;+1/p-1. The van der Waals surface area contributed by atoms with Crippen LogP contribution in [0.1, 0.15) is 67.8 Å². The summed E-state index contributed by atoms with van der Waals surface area (Å²) in [6.07, 6.45) is -4.52. The van der Waals surface area contributed by atoms with Crippen LogP contribution < -0.4 is 29.6 Å². The first kappa shape index (κ1) is 39.9. The summed E-state index contributed by atoms with van der Waals surface area (Å²) in [6.45, 7) is 1.91. The first-order chi connectivity index (χ1) is 17.8. The topological polar surface area (TPSA) is 74.3 Å². The van der Waals surface area contributed by atoms with Crippen molar-refractivity contribution in [2.24, 2.45) is 0 Å². The molecule has 0 aliphatic carbocycles. The van der Waals surface area contributed by atoms with Crippen molar-refractivity contribution in [1.82, 2.24) is 0 Å². The Bertz CT molecular complexity index is 1120. The molecule has 41 heavy (non-hydrogen) atoms. The minimum absolute atomic E-state index is 0. The van der Waals surface area contributed by atoms with E-state index in [9.17, 15) is 74.8 Å². The van der Waals surface area contributed by atoms with Gasteiger partial charge in [-0.15, -0.1) is 0 Å². The molecule has 1 unspecified atom stereocenters. The number of hydrogen-bond acceptors (Lipinski definition) is 4. The number of rotatable bonds is 15. The number of hydrogen-bond donors (Lipinski definition) is 0. The van der Waals surface area contributed by atoms with Gasteiger partial charge in [0.2, 0.25) is 0 Å². The Morgan fingerprint density at radius 1 is 0.707 bits per heavy atom. The van der Waals surface area contributed by atoms with Crippen LogP contribution in [0.25, 0.3) is 0 Å². The van der Waals surface area contributed by atoms with E-state index in [0.717, 1.165) is 19.3 Å². The molecular formula is C22H22F13NaO4S. The van der Waals surface area contributed by atoms with E-state index in [-0.39, 0.29) is 60.2 Å². The maximum Gasteiger partial charge on any atom is 1.00 e. The van der Waals surface area contributed by atoms with Crippen LogP contribution in [0.4, 0.5) is 57.1 Å². The zero-order valence-corrected chi connectivity index (χ0v) is 24.1. The van der Waals surface area contributed by atoms with Gasteiger partial charge in [0.1, 0.15) is 15.4 Å². The Kier molecular flexibility index (Phi) is 13.3. The van der Waals surface area contributed by atoms with Crippen LogP contribution in [0.3, 0.4) is 0 Å². The van der Waals surface area contributed by atoms with Crippen LogP contribution in [-0.4, -0.2) is 53.9 Å². The molecular weight excluding hydrogens is 630 g/mol. The maximum atomic E-state index is 14.3. The molecule has 0 radical (unpaired) electrons. The third-order valence-corrected chi connectivity index (χ3v) is 7.07. The minimum Gasteiger partial charge on any atom is -0.747 e. The fourth-order valence-corrected chi connectivity index (χ4v) is 4.35. The van der Waals surface area contributed by atoms with E-state index in [0.29, 0.717) is 12.8 Å². The van der Waals surface area contributed by atoms with Crippen LogP contribution in [0.2, 0.25) is 0 Å². The number of unbranched alkanes of at least 4 members (excludes halogenated alkanes) is 5. The van der Waals surface area contributed by atoms with Crippen molar-refractivity contribution in [2.45, 2.75) is 92.9 Å². The maximum absolute atomic E-state index is 14.3. The smallest absolute Gasteiger partial charge is 0.747 e. The Morgan fingerprint density at radius 3 is 1.54 bits per heavy atom. The van der Waals surface area contributed by atoms with Crippen molar-refractivity contribution in [3.63, 3.8) is 0 Å². The van der Waals surface area contributed by atoms with Gasteiger partial charge in [-0.2, -0.15) is 57.1 Å². The van der Waals surface area contributed by atoms with E-state index in [4.69, 9.17) is 0 Å². The summed E-state index contributed by atoms with van der Waals surface area (Å²) in [5, 5.41) is -2.26. The first-order valence-corrected chi connectivity index (χ1v) is 12.8. The summed E-state index contributed by atoms with van der Waals surface area (Å²) >= 11 is 0. The monoisotopic (exact) mass is 652 g/mol. The molecule has 0 spiro atoms. The van der Waals surface area contributed by atoms with Crippen molar-refractivity contribution in [3.05, 3.63) is 35.4 Å². The molecule has 232 valence electrons. The van der Waals surface area contributed by atoms with Crippen molar-refractivity contribution in [1.29, 1.82) is 0 Å². The van der Waals surface area contributed by atoms with Gasteiger partial charge in [0.05, 0.1) is 0 Å². The van der Waals surface area contributed by atoms with E-state index in [2.05, 4.69) is 0 Å². The van der Waals surface area contributed by atoms with E-state index < -0.39 is 74.5 Å². The molecule has 0 aliphatic rings. The molecule has 0 heterocycles. The summed E-state index contributed by atoms with van der Waals surface area (Å²) in [6, 6.07) is -0.254. The summed E-state index contributed by atoms with van der Waals surface area (Å²) in [4.78, 5) is 12.5. The average molecular weight is 652 g/mol. The molecule has 19 heteroatoms. The predicted octanol–water partition coefficient (Wildman–Crippen LogP) is 4.73. The number of carbonyl (C=O) groups is 1. The van der Waals surface area contributed by atoms with Gasteiger partial charge in [-0.05, 0) is 6.42 Å². The van der Waals surface area contributed by atoms with Crippen LogP contribution in [0.15, 0.2) is 24.3 Å². The van der Waals surface area contributed by atoms with Gasteiger partial charge in [-0.1, -0.05) is 69.7 Å². The molecule has 0 fully saturated rings. The molecule has 0 saturated carbocycles. The van der Waals surface area contributed by atoms with E-state index in [1.807, 2.05) is 6.92 Å². The van der Waals surface area contributed by atoms with Gasteiger partial charge < -0.3 is 4.55 Å². The first-order valence-electron chi connectivity index (χ1n) is 11.4. The van der Waals surface area contributed by atoms with E-state index in [1.54, 1.807) is 0 Å². The van der Waals surface area contributed by atoms with Crippen LogP contribution in [0.5, 0.6) is 0 Å². The Balaban J connectivity index is 0.0000160. The van der Waals surface area contributed by atoms with Crippen molar-refractivity contribution < 1.29 is 104 Å². The van der Waals surface area contributed by atoms with Gasteiger partial charge in [-0.3, -0.25) is 4.79 Å². The summed E-state index contributed by atoms with van der Waals surface area (Å²) in [5.74, 6) is -39.5. The van der Waals surface area contributed by atoms with Gasteiger partial charge >= 0.3 is 65.3 Å². The zero-order valence-electron chi connectivity index (χ0n) is 21.3. The molecule has 4 nitrogen and oxygen atoms in total. The molecule has 0 saturated heterocycles. The molecule has 0 bridgehead atoms. The Morgan fingerprint density at radius 2 is 1.12 bits per heavy atom. The summed E-state index contributed by atoms with van der Waals surface area (Å²) in [5.41, 5.74) is -3.23. The number of Topliss-reactive ketones (excluding diaryl/α,β-unsaturated/α-hetero) is 1. The second kappa shape index (κ2) is 13.7. The number of ketones is 1. The fraction of sp³-hybridized carbons (Fsp3) is 0.682. The third-order valence-electron chi connectivity index (χ3n) is 5.93. The Labute approximate surface area is 248 Å². The molecule has 1 aromatic carbocycles. The van der Waals surface area contributed by atoms with Crippen LogP contribution in [0, 0.1) is 0 Å². The van der Waals surface area contributed by atoms with E-state index >= 15 is 0 Å². The molecule has 0 N–H and O–H groups in total. The van der Waals surface area contributed by atoms with Crippen LogP contribution >= 0.6 is 0 Å². The summed E-state index contributed by atoms with van der Waals surface area (Å²) in [7, 11) is -5.35. The van der Waals surface area contributed by atoms with Crippen molar-refractivity contribution >= 4 is 15.9 Å². The second-order valence-electron chi connectivity index (χ2n) is 8.85. The SMILES string of the molecule is CCCCCCCCC(C(=O)c1ccc(C(F)(F)C(F)(F)C(F)(F)C(F)(F)C(F)(F)C(F)(F)F)cc1)S(=O)(=O)[O-].[Na+]. The minimum atomic E-state index is -8.06. The van der Waals surface area contributed by atoms with Crippen LogP contribution in [-0.2, 0) is 16.0 Å². The molecule has 1 atom stereocenters. The van der Waals surface area contributed by atoms with Crippen molar-refractivity contribution in [3.8, 4) is 0 Å². The van der Waals surface area contributed by atoms with Gasteiger partial charge in [0.25, 0.3) is 0 Å². The third kappa shape index (κ3) is 7.89. The molecule has 0 amide bonds. The second-order valence-corrected chi connectivity index (χ2v) is 10.4. The van der Waals surface area contributed by atoms with Gasteiger partial charge in [0, 0.05) is 11.1 Å². The van der Waals surface area contributed by atoms with Crippen molar-refractivity contribution in [2.75, 3.05) is 0 Å². The fourth-order valence-electron chi connectivity index (χ4n) is 3.50. The van der Waals surface area contributed by atoms with Gasteiger partial charge in [-0.25, -0.2) is 8.42 Å². The molecule has 0 aliphatic heterocycles. The Hall–Kier alpha value is -1.11. The molecule has 1 aromatic rings. The number of benzene rings is 1. The summed E-state index contributed by atoms with van der Waals surface area (Å²) < 4.78 is 208. The zero-order chi connectivity index (χ0) is 31.6. The quantitative estimate of drug-likeness (QED) is 0.0904. The largest absolute Gasteiger partial charge is 1.00 e. The molecule has 0 aromatic heterocycles. The van der Waals surface area contributed by atoms with Gasteiger partial charge in [0.15, 0.2) is 5.78 Å². The number of carbonyl (C=O) groups excluding carboxylic acids is 1. The predicted molar refractivity (Wildman–Crippen MR) is 112 cm³/mol.